The summed E-state index contributed by atoms with van der Waals surface area (Å²) in [6, 6.07) is 0. The summed E-state index contributed by atoms with van der Waals surface area (Å²) >= 11 is 0. The minimum Gasteiger partial charge on any atom is -0.385 e. The number of hydrogen-bond acceptors (Lipinski definition) is 3. The standard InChI is InChI=1S/C13H24N2O2/c1-10(11-7-14-8-11)12(16)15-9-13(2,3)5-6-17-4/h14H,5-9H2,1-4H3,(H,15,16). The van der Waals surface area contributed by atoms with Crippen LogP contribution in [-0.2, 0) is 9.53 Å². The molecule has 1 amide bonds. The predicted octanol–water partition coefficient (Wildman–Crippen LogP) is 1.08. The lowest BCUT2D eigenvalue weighted by molar-refractivity contribution is -0.118. The third kappa shape index (κ3) is 4.48. The molecule has 0 unspecified atom stereocenters. The zero-order valence-electron chi connectivity index (χ0n) is 11.4. The van der Waals surface area contributed by atoms with Gasteiger partial charge in [-0.05, 0) is 24.3 Å². The Labute approximate surface area is 104 Å². The fourth-order valence-electron chi connectivity index (χ4n) is 1.59. The summed E-state index contributed by atoms with van der Waals surface area (Å²) < 4.78 is 5.07. The fourth-order valence-corrected chi connectivity index (χ4v) is 1.59. The van der Waals surface area contributed by atoms with Gasteiger partial charge in [0.05, 0.1) is 0 Å². The van der Waals surface area contributed by atoms with Crippen molar-refractivity contribution in [3.05, 3.63) is 11.1 Å². The van der Waals surface area contributed by atoms with Gasteiger partial charge in [0.1, 0.15) is 0 Å². The van der Waals surface area contributed by atoms with Crippen molar-refractivity contribution in [3.63, 3.8) is 0 Å². The molecule has 1 fully saturated rings. The number of ether oxygens (including phenoxy) is 1. The van der Waals surface area contributed by atoms with E-state index in [2.05, 4.69) is 24.5 Å². The van der Waals surface area contributed by atoms with Gasteiger partial charge in [0, 0.05) is 38.9 Å². The minimum absolute atomic E-state index is 0.0620. The van der Waals surface area contributed by atoms with Crippen molar-refractivity contribution >= 4 is 5.91 Å². The molecule has 4 heteroatoms. The van der Waals surface area contributed by atoms with Crippen LogP contribution in [0.2, 0.25) is 0 Å². The highest BCUT2D eigenvalue weighted by Crippen LogP contribution is 2.19. The summed E-state index contributed by atoms with van der Waals surface area (Å²) in [7, 11) is 1.70. The topological polar surface area (TPSA) is 50.4 Å². The van der Waals surface area contributed by atoms with Crippen molar-refractivity contribution in [1.82, 2.24) is 10.6 Å². The van der Waals surface area contributed by atoms with E-state index in [-0.39, 0.29) is 11.3 Å². The van der Waals surface area contributed by atoms with E-state index in [9.17, 15) is 4.79 Å². The molecule has 0 aromatic heterocycles. The highest BCUT2D eigenvalue weighted by atomic mass is 16.5. The molecule has 0 bridgehead atoms. The first-order valence-corrected chi connectivity index (χ1v) is 6.13. The number of rotatable bonds is 6. The number of carbonyl (C=O) groups excluding carboxylic acids is 1. The van der Waals surface area contributed by atoms with E-state index < -0.39 is 0 Å². The Kier molecular flexibility index (Phi) is 5.15. The molecule has 1 heterocycles. The Balaban J connectivity index is 2.37. The number of nitrogens with one attached hydrogen (secondary N) is 2. The lowest BCUT2D eigenvalue weighted by atomic mass is 9.89. The van der Waals surface area contributed by atoms with Crippen LogP contribution in [0.3, 0.4) is 0 Å². The Morgan fingerprint density at radius 1 is 1.47 bits per heavy atom. The third-order valence-electron chi connectivity index (χ3n) is 3.26. The molecule has 0 spiro atoms. The second-order valence-electron chi connectivity index (χ2n) is 5.42. The van der Waals surface area contributed by atoms with Gasteiger partial charge < -0.3 is 15.4 Å². The zero-order valence-corrected chi connectivity index (χ0v) is 11.4. The molecule has 0 radical (unpaired) electrons. The van der Waals surface area contributed by atoms with Gasteiger partial charge in [-0.1, -0.05) is 13.8 Å². The number of methoxy groups -OCH3 is 1. The van der Waals surface area contributed by atoms with E-state index in [0.717, 1.165) is 31.7 Å². The SMILES string of the molecule is COCCC(C)(C)CNC(=O)C(C)=C1CNC1. The summed E-state index contributed by atoms with van der Waals surface area (Å²) in [4.78, 5) is 11.9. The molecule has 0 saturated carbocycles. The third-order valence-corrected chi connectivity index (χ3v) is 3.26. The maximum absolute atomic E-state index is 11.9. The second kappa shape index (κ2) is 6.17. The molecule has 1 aliphatic rings. The quantitative estimate of drug-likeness (QED) is 0.683. The van der Waals surface area contributed by atoms with E-state index in [1.54, 1.807) is 7.11 Å². The summed E-state index contributed by atoms with van der Waals surface area (Å²) in [5.41, 5.74) is 2.16. The van der Waals surface area contributed by atoms with Gasteiger partial charge in [-0.25, -0.2) is 0 Å². The minimum atomic E-state index is 0.0620. The zero-order chi connectivity index (χ0) is 12.9. The Morgan fingerprint density at radius 3 is 2.59 bits per heavy atom. The molecule has 0 aromatic carbocycles. The van der Waals surface area contributed by atoms with Crippen LogP contribution < -0.4 is 10.6 Å². The van der Waals surface area contributed by atoms with Crippen molar-refractivity contribution in [2.24, 2.45) is 5.41 Å². The van der Waals surface area contributed by atoms with Crippen LogP contribution in [0.1, 0.15) is 27.2 Å². The summed E-state index contributed by atoms with van der Waals surface area (Å²) in [6.45, 7) is 9.30. The van der Waals surface area contributed by atoms with Crippen molar-refractivity contribution in [2.45, 2.75) is 27.2 Å². The van der Waals surface area contributed by atoms with E-state index in [1.807, 2.05) is 6.92 Å². The lowest BCUT2D eigenvalue weighted by Gasteiger charge is -2.26. The molecule has 1 aliphatic heterocycles. The van der Waals surface area contributed by atoms with E-state index in [0.29, 0.717) is 6.54 Å². The van der Waals surface area contributed by atoms with Crippen molar-refractivity contribution in [2.75, 3.05) is 33.4 Å². The van der Waals surface area contributed by atoms with Gasteiger partial charge in [0.2, 0.25) is 5.91 Å². The maximum atomic E-state index is 11.9. The monoisotopic (exact) mass is 240 g/mol. The molecule has 0 aliphatic carbocycles. The first-order valence-electron chi connectivity index (χ1n) is 6.13. The Hall–Kier alpha value is -0.870. The molecule has 1 saturated heterocycles. The van der Waals surface area contributed by atoms with Crippen molar-refractivity contribution in [3.8, 4) is 0 Å². The molecule has 0 aromatic rings. The van der Waals surface area contributed by atoms with Gasteiger partial charge in [0.15, 0.2) is 0 Å². The molecule has 4 nitrogen and oxygen atoms in total. The van der Waals surface area contributed by atoms with Crippen LogP contribution in [0.4, 0.5) is 0 Å². The predicted molar refractivity (Wildman–Crippen MR) is 68.9 cm³/mol. The number of hydrogen-bond donors (Lipinski definition) is 2. The van der Waals surface area contributed by atoms with Crippen LogP contribution in [0.25, 0.3) is 0 Å². The molecule has 98 valence electrons. The van der Waals surface area contributed by atoms with Gasteiger partial charge in [-0.15, -0.1) is 0 Å². The molecule has 17 heavy (non-hydrogen) atoms. The number of amides is 1. The Morgan fingerprint density at radius 2 is 2.12 bits per heavy atom. The normalized spacial score (nSPS) is 15.4. The highest BCUT2D eigenvalue weighted by Gasteiger charge is 2.20. The Bertz CT molecular complexity index is 303. The largest absolute Gasteiger partial charge is 0.385 e. The van der Waals surface area contributed by atoms with Crippen LogP contribution >= 0.6 is 0 Å². The second-order valence-corrected chi connectivity index (χ2v) is 5.42. The molecular weight excluding hydrogens is 216 g/mol. The highest BCUT2D eigenvalue weighted by molar-refractivity contribution is 5.93. The van der Waals surface area contributed by atoms with Gasteiger partial charge in [-0.2, -0.15) is 0 Å². The van der Waals surface area contributed by atoms with Crippen LogP contribution in [-0.4, -0.2) is 39.3 Å². The molecule has 0 atom stereocenters. The molecule has 1 rings (SSSR count). The average molecular weight is 240 g/mol. The average Bonchev–Trinajstić information content (AvgIpc) is 2.21. The maximum Gasteiger partial charge on any atom is 0.246 e. The van der Waals surface area contributed by atoms with E-state index in [4.69, 9.17) is 4.74 Å². The van der Waals surface area contributed by atoms with Crippen LogP contribution in [0, 0.1) is 5.41 Å². The summed E-state index contributed by atoms with van der Waals surface area (Å²) in [5, 5.41) is 6.14. The molecule has 2 N–H and O–H groups in total. The lowest BCUT2D eigenvalue weighted by Crippen LogP contribution is -2.39. The van der Waals surface area contributed by atoms with Crippen molar-refractivity contribution in [1.29, 1.82) is 0 Å². The van der Waals surface area contributed by atoms with Crippen LogP contribution in [0.15, 0.2) is 11.1 Å². The smallest absolute Gasteiger partial charge is 0.246 e. The van der Waals surface area contributed by atoms with Crippen LogP contribution in [0.5, 0.6) is 0 Å². The number of carbonyl (C=O) groups is 1. The van der Waals surface area contributed by atoms with Gasteiger partial charge >= 0.3 is 0 Å². The molecular formula is C13H24N2O2. The first-order chi connectivity index (χ1) is 7.96. The van der Waals surface area contributed by atoms with E-state index >= 15 is 0 Å². The van der Waals surface area contributed by atoms with E-state index in [1.165, 1.54) is 5.57 Å². The summed E-state index contributed by atoms with van der Waals surface area (Å²) in [5.74, 6) is 0.0620. The summed E-state index contributed by atoms with van der Waals surface area (Å²) in [6.07, 6.45) is 0.945. The van der Waals surface area contributed by atoms with Crippen molar-refractivity contribution < 1.29 is 9.53 Å². The first kappa shape index (κ1) is 14.2. The van der Waals surface area contributed by atoms with Gasteiger partial charge in [0.25, 0.3) is 0 Å². The fraction of sp³-hybridized carbons (Fsp3) is 0.769. The van der Waals surface area contributed by atoms with Gasteiger partial charge in [-0.3, -0.25) is 4.79 Å².